The van der Waals surface area contributed by atoms with Crippen molar-refractivity contribution in [3.05, 3.63) is 23.8 Å². The molecule has 0 heterocycles. The fourth-order valence-corrected chi connectivity index (χ4v) is 11.3. The van der Waals surface area contributed by atoms with Gasteiger partial charge in [0.15, 0.2) is 0 Å². The molecule has 0 aromatic heterocycles. The number of allylic oxidation sites excluding steroid dienone is 3. The van der Waals surface area contributed by atoms with E-state index in [0.717, 1.165) is 42.9 Å². The van der Waals surface area contributed by atoms with Crippen LogP contribution < -0.4 is 0 Å². The molecule has 8 atom stereocenters. The van der Waals surface area contributed by atoms with Crippen LogP contribution >= 0.6 is 0 Å². The SMILES string of the molecule is C=C(CCC(C)[C@@H]1CCC2C3=CCC4CC(OC(=O)CCCCCCCCCCCCCCCCC)CC[C@@]4(C)C3CC[C@]21C)C(C)C. The molecule has 0 bridgehead atoms. The molecular weight excluding hydrogens is 585 g/mol. The molecule has 0 aromatic carbocycles. The normalized spacial score (nSPS) is 31.9. The third-order valence-electron chi connectivity index (χ3n) is 14.8. The summed E-state index contributed by atoms with van der Waals surface area (Å²) in [5.74, 6) is 4.54. The lowest BCUT2D eigenvalue weighted by Gasteiger charge is -2.58. The van der Waals surface area contributed by atoms with E-state index in [9.17, 15) is 4.79 Å². The van der Waals surface area contributed by atoms with Crippen molar-refractivity contribution in [2.45, 2.75) is 215 Å². The quantitative estimate of drug-likeness (QED) is 0.0654. The maximum atomic E-state index is 12.8. The van der Waals surface area contributed by atoms with Gasteiger partial charge in [-0.3, -0.25) is 4.79 Å². The van der Waals surface area contributed by atoms with E-state index in [2.05, 4.69) is 54.2 Å². The molecule has 0 amide bonds. The van der Waals surface area contributed by atoms with E-state index in [4.69, 9.17) is 4.74 Å². The van der Waals surface area contributed by atoms with Gasteiger partial charge in [0.1, 0.15) is 6.10 Å². The van der Waals surface area contributed by atoms with Crippen molar-refractivity contribution in [2.24, 2.45) is 46.3 Å². The Kier molecular flexibility index (Phi) is 16.2. The van der Waals surface area contributed by atoms with Crippen LogP contribution in [-0.4, -0.2) is 12.1 Å². The average molecular weight is 665 g/mol. The van der Waals surface area contributed by atoms with Crippen LogP contribution in [0.3, 0.4) is 0 Å². The Bertz CT molecular complexity index is 1010. The van der Waals surface area contributed by atoms with Gasteiger partial charge in [-0.05, 0) is 117 Å². The number of carbonyl (C=O) groups is 1. The largest absolute Gasteiger partial charge is 0.462 e. The smallest absolute Gasteiger partial charge is 0.306 e. The highest BCUT2D eigenvalue weighted by Gasteiger charge is 2.58. The summed E-state index contributed by atoms with van der Waals surface area (Å²) >= 11 is 0. The van der Waals surface area contributed by atoms with Crippen molar-refractivity contribution in [3.8, 4) is 0 Å². The molecular formula is C46H80O2. The van der Waals surface area contributed by atoms with Crippen molar-refractivity contribution in [1.29, 1.82) is 0 Å². The molecule has 2 heteroatoms. The van der Waals surface area contributed by atoms with Crippen molar-refractivity contribution in [2.75, 3.05) is 0 Å². The molecule has 0 saturated heterocycles. The molecule has 0 N–H and O–H groups in total. The average Bonchev–Trinajstić information content (AvgIpc) is 3.42. The predicted molar refractivity (Wildman–Crippen MR) is 207 cm³/mol. The summed E-state index contributed by atoms with van der Waals surface area (Å²) in [6, 6.07) is 0. The molecule has 3 fully saturated rings. The van der Waals surface area contributed by atoms with Crippen LogP contribution in [0.15, 0.2) is 23.8 Å². The molecule has 4 rings (SSSR count). The van der Waals surface area contributed by atoms with Gasteiger partial charge in [-0.1, -0.05) is 155 Å². The number of ether oxygens (including phenoxy) is 1. The van der Waals surface area contributed by atoms with Gasteiger partial charge in [0.05, 0.1) is 0 Å². The molecule has 4 aliphatic carbocycles. The molecule has 0 radical (unpaired) electrons. The highest BCUT2D eigenvalue weighted by molar-refractivity contribution is 5.69. The summed E-state index contributed by atoms with van der Waals surface area (Å²) in [4.78, 5) is 12.8. The van der Waals surface area contributed by atoms with E-state index in [1.165, 1.54) is 147 Å². The molecule has 276 valence electrons. The van der Waals surface area contributed by atoms with E-state index >= 15 is 0 Å². The van der Waals surface area contributed by atoms with Gasteiger partial charge >= 0.3 is 5.97 Å². The van der Waals surface area contributed by atoms with Gasteiger partial charge in [0, 0.05) is 6.42 Å². The van der Waals surface area contributed by atoms with E-state index in [0.29, 0.717) is 29.1 Å². The van der Waals surface area contributed by atoms with Gasteiger partial charge in [-0.15, -0.1) is 0 Å². The molecule has 0 aromatic rings. The van der Waals surface area contributed by atoms with E-state index in [1.807, 2.05) is 5.57 Å². The summed E-state index contributed by atoms with van der Waals surface area (Å²) in [6.07, 6.45) is 36.5. The second-order valence-corrected chi connectivity index (χ2v) is 18.4. The number of unbranched alkanes of at least 4 members (excludes halogenated alkanes) is 14. The Hall–Kier alpha value is -1.05. The van der Waals surface area contributed by atoms with Crippen molar-refractivity contribution in [3.63, 3.8) is 0 Å². The van der Waals surface area contributed by atoms with E-state index < -0.39 is 0 Å². The first kappa shape index (κ1) is 39.7. The van der Waals surface area contributed by atoms with Crippen LogP contribution in [0, 0.1) is 46.3 Å². The van der Waals surface area contributed by atoms with Crippen LogP contribution in [0.4, 0.5) is 0 Å². The fourth-order valence-electron chi connectivity index (χ4n) is 11.3. The van der Waals surface area contributed by atoms with Crippen molar-refractivity contribution in [1.82, 2.24) is 0 Å². The van der Waals surface area contributed by atoms with E-state index in [1.54, 1.807) is 0 Å². The highest BCUT2D eigenvalue weighted by atomic mass is 16.5. The van der Waals surface area contributed by atoms with Crippen LogP contribution in [0.2, 0.25) is 0 Å². The second kappa shape index (κ2) is 19.5. The minimum atomic E-state index is 0.0712. The summed E-state index contributed by atoms with van der Waals surface area (Å²) in [7, 11) is 0. The molecule has 0 aliphatic heterocycles. The number of esters is 1. The summed E-state index contributed by atoms with van der Waals surface area (Å²) in [5.41, 5.74) is 4.16. The van der Waals surface area contributed by atoms with Crippen LogP contribution in [-0.2, 0) is 9.53 Å². The van der Waals surface area contributed by atoms with Crippen molar-refractivity contribution >= 4 is 5.97 Å². The van der Waals surface area contributed by atoms with Gasteiger partial charge < -0.3 is 4.74 Å². The Morgan fingerprint density at radius 2 is 1.33 bits per heavy atom. The molecule has 4 aliphatic rings. The van der Waals surface area contributed by atoms with Crippen LogP contribution in [0.25, 0.3) is 0 Å². The van der Waals surface area contributed by atoms with Gasteiger partial charge in [-0.25, -0.2) is 0 Å². The van der Waals surface area contributed by atoms with Gasteiger partial charge in [-0.2, -0.15) is 0 Å². The standard InChI is InChI=1S/C46H80O2/c1-8-9-10-11-12-13-14-15-16-17-18-19-20-21-22-23-44(47)48-39-30-32-45(6)38(34-39)26-27-40-42-29-28-41(46(42,7)33-31-43(40)45)37(5)25-24-36(4)35(2)3/h27,35,37-39,41-43H,4,8-26,28-34H2,1-3,5-7H3/t37?,38?,39?,41-,42?,43?,45+,46-/m0/s1. The number of fused-ring (bicyclic) bond motifs is 5. The second-order valence-electron chi connectivity index (χ2n) is 18.4. The number of hydrogen-bond donors (Lipinski definition) is 0. The number of hydrogen-bond acceptors (Lipinski definition) is 2. The molecule has 3 saturated carbocycles. The molecule has 48 heavy (non-hydrogen) atoms. The Labute approximate surface area is 299 Å². The topological polar surface area (TPSA) is 26.3 Å². The third kappa shape index (κ3) is 10.5. The Morgan fingerprint density at radius 3 is 1.94 bits per heavy atom. The Balaban J connectivity index is 1.11. The minimum absolute atomic E-state index is 0.0712. The first-order valence-electron chi connectivity index (χ1n) is 21.7. The van der Waals surface area contributed by atoms with Crippen LogP contribution in [0.5, 0.6) is 0 Å². The Morgan fingerprint density at radius 1 is 0.771 bits per heavy atom. The zero-order valence-corrected chi connectivity index (χ0v) is 33.0. The van der Waals surface area contributed by atoms with Gasteiger partial charge in [0.2, 0.25) is 0 Å². The zero-order chi connectivity index (χ0) is 34.6. The highest BCUT2D eigenvalue weighted by Crippen LogP contribution is 2.67. The summed E-state index contributed by atoms with van der Waals surface area (Å²) in [5, 5.41) is 0. The van der Waals surface area contributed by atoms with Gasteiger partial charge in [0.25, 0.3) is 0 Å². The first-order valence-corrected chi connectivity index (χ1v) is 21.7. The molecule has 2 nitrogen and oxygen atoms in total. The molecule has 0 spiro atoms. The maximum Gasteiger partial charge on any atom is 0.306 e. The lowest BCUT2D eigenvalue weighted by atomic mass is 9.47. The van der Waals surface area contributed by atoms with Crippen LogP contribution in [0.1, 0.15) is 208 Å². The lowest BCUT2D eigenvalue weighted by Crippen LogP contribution is -2.50. The summed E-state index contributed by atoms with van der Waals surface area (Å²) < 4.78 is 6.15. The summed E-state index contributed by atoms with van der Waals surface area (Å²) in [6.45, 7) is 19.1. The maximum absolute atomic E-state index is 12.8. The monoisotopic (exact) mass is 665 g/mol. The lowest BCUT2D eigenvalue weighted by molar-refractivity contribution is -0.155. The number of rotatable bonds is 22. The molecule has 5 unspecified atom stereocenters. The predicted octanol–water partition coefficient (Wildman–Crippen LogP) is 14.4. The first-order chi connectivity index (χ1) is 23.1. The third-order valence-corrected chi connectivity index (χ3v) is 14.8. The van der Waals surface area contributed by atoms with Crippen molar-refractivity contribution < 1.29 is 9.53 Å². The number of carbonyl (C=O) groups excluding carboxylic acids is 1. The zero-order valence-electron chi connectivity index (χ0n) is 33.0. The fraction of sp³-hybridized carbons (Fsp3) is 0.891. The van der Waals surface area contributed by atoms with E-state index in [-0.39, 0.29) is 12.1 Å². The minimum Gasteiger partial charge on any atom is -0.462 e.